The van der Waals surface area contributed by atoms with Crippen molar-refractivity contribution in [1.29, 1.82) is 0 Å². The van der Waals surface area contributed by atoms with Gasteiger partial charge >= 0.3 is 0 Å². The second-order valence-corrected chi connectivity index (χ2v) is 5.22. The molecule has 1 aliphatic rings. The summed E-state index contributed by atoms with van der Waals surface area (Å²) in [5, 5.41) is 0. The lowest BCUT2D eigenvalue weighted by Crippen LogP contribution is -2.41. The lowest BCUT2D eigenvalue weighted by atomic mass is 9.94. The molecule has 0 radical (unpaired) electrons. The van der Waals surface area contributed by atoms with Gasteiger partial charge in [-0.1, -0.05) is 19.3 Å². The third-order valence-corrected chi connectivity index (χ3v) is 3.94. The summed E-state index contributed by atoms with van der Waals surface area (Å²) in [5.74, 6) is 0. The van der Waals surface area contributed by atoms with Crippen LogP contribution in [-0.4, -0.2) is 35.6 Å². The minimum Gasteiger partial charge on any atom is -0.329 e. The molecule has 2 rings (SSSR count). The Balaban J connectivity index is 1.85. The quantitative estimate of drug-likeness (QED) is 0.838. The van der Waals surface area contributed by atoms with Gasteiger partial charge in [-0.05, 0) is 37.0 Å². The molecule has 0 aromatic carbocycles. The van der Waals surface area contributed by atoms with Crippen molar-refractivity contribution in [3.63, 3.8) is 0 Å². The van der Waals surface area contributed by atoms with E-state index in [2.05, 4.69) is 22.0 Å². The van der Waals surface area contributed by atoms with Crippen LogP contribution in [0.15, 0.2) is 24.5 Å². The predicted molar refractivity (Wildman–Crippen MR) is 75.4 cm³/mol. The fourth-order valence-corrected chi connectivity index (χ4v) is 2.91. The molecular weight excluding hydrogens is 222 g/mol. The molecule has 0 aliphatic heterocycles. The Hall–Kier alpha value is -0.930. The Morgan fingerprint density at radius 1 is 1.11 bits per heavy atom. The largest absolute Gasteiger partial charge is 0.329 e. The van der Waals surface area contributed by atoms with Crippen molar-refractivity contribution in [2.24, 2.45) is 5.73 Å². The SMILES string of the molecule is NCCN(CCc1ccncc1)C1CCCCC1. The Morgan fingerprint density at radius 2 is 1.83 bits per heavy atom. The molecule has 1 aromatic heterocycles. The van der Waals surface area contributed by atoms with E-state index in [1.165, 1.54) is 37.7 Å². The summed E-state index contributed by atoms with van der Waals surface area (Å²) < 4.78 is 0. The smallest absolute Gasteiger partial charge is 0.0270 e. The van der Waals surface area contributed by atoms with Crippen LogP contribution in [0, 0.1) is 0 Å². The van der Waals surface area contributed by atoms with Crippen LogP contribution in [0.1, 0.15) is 37.7 Å². The van der Waals surface area contributed by atoms with Gasteiger partial charge in [0.25, 0.3) is 0 Å². The van der Waals surface area contributed by atoms with Gasteiger partial charge in [0.15, 0.2) is 0 Å². The molecule has 0 unspecified atom stereocenters. The minimum absolute atomic E-state index is 0.768. The van der Waals surface area contributed by atoms with E-state index in [9.17, 15) is 0 Å². The summed E-state index contributed by atoms with van der Waals surface area (Å²) in [5.41, 5.74) is 7.13. The molecule has 100 valence electrons. The zero-order valence-corrected chi connectivity index (χ0v) is 11.2. The lowest BCUT2D eigenvalue weighted by molar-refractivity contribution is 0.162. The maximum Gasteiger partial charge on any atom is 0.0270 e. The molecule has 2 N–H and O–H groups in total. The van der Waals surface area contributed by atoms with Gasteiger partial charge in [0.2, 0.25) is 0 Å². The Kier molecular flexibility index (Phi) is 5.62. The molecule has 18 heavy (non-hydrogen) atoms. The average Bonchev–Trinajstić information content (AvgIpc) is 2.45. The first-order valence-corrected chi connectivity index (χ1v) is 7.23. The van der Waals surface area contributed by atoms with Crippen molar-refractivity contribution < 1.29 is 0 Å². The highest BCUT2D eigenvalue weighted by Crippen LogP contribution is 2.22. The van der Waals surface area contributed by atoms with Gasteiger partial charge in [-0.25, -0.2) is 0 Å². The zero-order chi connectivity index (χ0) is 12.6. The van der Waals surface area contributed by atoms with Crippen molar-refractivity contribution in [3.05, 3.63) is 30.1 Å². The van der Waals surface area contributed by atoms with Crippen LogP contribution in [0.2, 0.25) is 0 Å². The van der Waals surface area contributed by atoms with Crippen LogP contribution in [0.4, 0.5) is 0 Å². The van der Waals surface area contributed by atoms with Crippen LogP contribution in [-0.2, 0) is 6.42 Å². The summed E-state index contributed by atoms with van der Waals surface area (Å²) in [6, 6.07) is 4.99. The van der Waals surface area contributed by atoms with Crippen LogP contribution in [0.3, 0.4) is 0 Å². The van der Waals surface area contributed by atoms with E-state index >= 15 is 0 Å². The fourth-order valence-electron chi connectivity index (χ4n) is 2.91. The number of hydrogen-bond acceptors (Lipinski definition) is 3. The van der Waals surface area contributed by atoms with Crippen molar-refractivity contribution in [1.82, 2.24) is 9.88 Å². The highest BCUT2D eigenvalue weighted by molar-refractivity contribution is 5.10. The summed E-state index contributed by atoms with van der Waals surface area (Å²) >= 11 is 0. The van der Waals surface area contributed by atoms with Gasteiger partial charge in [-0.3, -0.25) is 9.88 Å². The Bertz CT molecular complexity index is 320. The third kappa shape index (κ3) is 4.07. The molecule has 0 saturated heterocycles. The lowest BCUT2D eigenvalue weighted by Gasteiger charge is -2.34. The first-order chi connectivity index (χ1) is 8.90. The summed E-state index contributed by atoms with van der Waals surface area (Å²) in [7, 11) is 0. The number of aromatic nitrogens is 1. The maximum absolute atomic E-state index is 5.75. The minimum atomic E-state index is 0.768. The van der Waals surface area contributed by atoms with E-state index in [1.807, 2.05) is 12.4 Å². The number of pyridine rings is 1. The van der Waals surface area contributed by atoms with Gasteiger partial charge < -0.3 is 5.73 Å². The Morgan fingerprint density at radius 3 is 2.50 bits per heavy atom. The average molecular weight is 247 g/mol. The topological polar surface area (TPSA) is 42.1 Å². The van der Waals surface area contributed by atoms with E-state index in [-0.39, 0.29) is 0 Å². The van der Waals surface area contributed by atoms with E-state index in [0.29, 0.717) is 0 Å². The van der Waals surface area contributed by atoms with E-state index in [1.54, 1.807) is 0 Å². The van der Waals surface area contributed by atoms with Gasteiger partial charge in [0.1, 0.15) is 0 Å². The molecule has 3 nitrogen and oxygen atoms in total. The van der Waals surface area contributed by atoms with Gasteiger partial charge in [-0.2, -0.15) is 0 Å². The summed E-state index contributed by atoms with van der Waals surface area (Å²) in [6.45, 7) is 2.94. The molecule has 1 aliphatic carbocycles. The highest BCUT2D eigenvalue weighted by atomic mass is 15.2. The first kappa shape index (κ1) is 13.5. The van der Waals surface area contributed by atoms with Crippen molar-refractivity contribution in [3.8, 4) is 0 Å². The summed E-state index contributed by atoms with van der Waals surface area (Å²) in [6.07, 6.45) is 11.8. The molecule has 0 amide bonds. The monoisotopic (exact) mass is 247 g/mol. The van der Waals surface area contributed by atoms with E-state index in [4.69, 9.17) is 5.73 Å². The van der Waals surface area contributed by atoms with Crippen molar-refractivity contribution >= 4 is 0 Å². The summed E-state index contributed by atoms with van der Waals surface area (Å²) in [4.78, 5) is 6.66. The predicted octanol–water partition coefficient (Wildman–Crippen LogP) is 2.22. The second-order valence-electron chi connectivity index (χ2n) is 5.22. The van der Waals surface area contributed by atoms with Crippen LogP contribution >= 0.6 is 0 Å². The van der Waals surface area contributed by atoms with Crippen LogP contribution in [0.5, 0.6) is 0 Å². The highest BCUT2D eigenvalue weighted by Gasteiger charge is 2.19. The van der Waals surface area contributed by atoms with Crippen molar-refractivity contribution in [2.75, 3.05) is 19.6 Å². The second kappa shape index (κ2) is 7.49. The molecule has 0 atom stereocenters. The first-order valence-electron chi connectivity index (χ1n) is 7.23. The van der Waals surface area contributed by atoms with Gasteiger partial charge in [0.05, 0.1) is 0 Å². The van der Waals surface area contributed by atoms with Crippen molar-refractivity contribution in [2.45, 2.75) is 44.6 Å². The molecule has 0 spiro atoms. The molecule has 1 saturated carbocycles. The molecule has 3 heteroatoms. The molecule has 1 heterocycles. The van der Waals surface area contributed by atoms with Crippen LogP contribution in [0.25, 0.3) is 0 Å². The fraction of sp³-hybridized carbons (Fsp3) is 0.667. The third-order valence-electron chi connectivity index (χ3n) is 3.94. The van der Waals surface area contributed by atoms with Gasteiger partial charge in [0, 0.05) is 38.1 Å². The number of hydrogen-bond donors (Lipinski definition) is 1. The molecule has 1 aromatic rings. The van der Waals surface area contributed by atoms with E-state index < -0.39 is 0 Å². The number of rotatable bonds is 6. The molecule has 1 fully saturated rings. The van der Waals surface area contributed by atoms with Gasteiger partial charge in [-0.15, -0.1) is 0 Å². The standard InChI is InChI=1S/C15H25N3/c16-9-13-18(15-4-2-1-3-5-15)12-8-14-6-10-17-11-7-14/h6-7,10-11,15H,1-5,8-9,12-13,16H2. The normalized spacial score (nSPS) is 17.2. The number of nitrogens with zero attached hydrogens (tertiary/aromatic N) is 2. The number of nitrogens with two attached hydrogens (primary N) is 1. The molecule has 0 bridgehead atoms. The van der Waals surface area contributed by atoms with E-state index in [0.717, 1.165) is 32.1 Å². The molecular formula is C15H25N3. The Labute approximate surface area is 110 Å². The maximum atomic E-state index is 5.75. The van der Waals surface area contributed by atoms with Crippen LogP contribution < -0.4 is 5.73 Å². The zero-order valence-electron chi connectivity index (χ0n) is 11.2.